The maximum atomic E-state index is 13.4. The Hall–Kier alpha value is -3.27. The van der Waals surface area contributed by atoms with E-state index in [1.807, 2.05) is 44.4 Å². The SMILES string of the molecule is Cc1ccc(-c2ncc(C3CC(F)(F)C3)n2SF)cc1NC=O.Cc1cnc2ccccn12. The van der Waals surface area contributed by atoms with E-state index in [0.717, 1.165) is 11.2 Å². The number of rotatable bonds is 5. The van der Waals surface area contributed by atoms with Crippen LogP contribution < -0.4 is 5.32 Å². The third-order valence-corrected chi connectivity index (χ3v) is 6.16. The summed E-state index contributed by atoms with van der Waals surface area (Å²) in [6.07, 6.45) is 5.31. The Labute approximate surface area is 193 Å². The van der Waals surface area contributed by atoms with E-state index in [9.17, 15) is 17.5 Å². The highest BCUT2D eigenvalue weighted by atomic mass is 32.2. The number of amides is 1. The first kappa shape index (κ1) is 22.9. The number of benzene rings is 1. The van der Waals surface area contributed by atoms with Crippen molar-refractivity contribution >= 4 is 30.1 Å². The van der Waals surface area contributed by atoms with Gasteiger partial charge in [-0.25, -0.2) is 22.7 Å². The summed E-state index contributed by atoms with van der Waals surface area (Å²) in [5.74, 6) is -2.74. The van der Waals surface area contributed by atoms with Crippen LogP contribution in [0.25, 0.3) is 17.0 Å². The van der Waals surface area contributed by atoms with Crippen LogP contribution in [-0.2, 0) is 4.79 Å². The first-order chi connectivity index (χ1) is 15.8. The van der Waals surface area contributed by atoms with E-state index < -0.39 is 11.8 Å². The van der Waals surface area contributed by atoms with Gasteiger partial charge < -0.3 is 9.72 Å². The molecule has 0 atom stereocenters. The highest BCUT2D eigenvalue weighted by Gasteiger charge is 2.47. The maximum absolute atomic E-state index is 13.4. The van der Waals surface area contributed by atoms with Gasteiger partial charge in [-0.15, -0.1) is 3.89 Å². The van der Waals surface area contributed by atoms with Crippen molar-refractivity contribution in [1.29, 1.82) is 0 Å². The van der Waals surface area contributed by atoms with Gasteiger partial charge in [0.2, 0.25) is 12.3 Å². The van der Waals surface area contributed by atoms with Crippen LogP contribution in [0.15, 0.2) is 55.0 Å². The van der Waals surface area contributed by atoms with Crippen molar-refractivity contribution in [2.24, 2.45) is 0 Å². The zero-order chi connectivity index (χ0) is 23.6. The molecule has 0 aliphatic heterocycles. The Morgan fingerprint density at radius 2 is 1.94 bits per heavy atom. The zero-order valence-electron chi connectivity index (χ0n) is 18.0. The van der Waals surface area contributed by atoms with Gasteiger partial charge in [-0.2, -0.15) is 0 Å². The fraction of sp³-hybridized carbons (Fsp3) is 0.261. The minimum absolute atomic E-state index is 0.0560. The molecular formula is C23H22F3N5OS. The number of alkyl halides is 2. The van der Waals surface area contributed by atoms with Gasteiger partial charge in [0.25, 0.3) is 0 Å². The standard InChI is InChI=1S/C15H14F3N3OS.C8H8N2/c1-9-2-3-10(4-12(9)20-8-22)14-19-7-13(21(14)23-18)11-5-15(16,17)6-11;1-7-6-9-8-4-2-3-5-10(7)8/h2-4,7-8,11H,5-6H2,1H3,(H,20,22);2-6H,1H3. The molecule has 0 unspecified atom stereocenters. The number of aromatic nitrogens is 4. The average Bonchev–Trinajstić information content (AvgIpc) is 3.38. The van der Waals surface area contributed by atoms with Crippen LogP contribution in [0.5, 0.6) is 0 Å². The number of hydrogen-bond acceptors (Lipinski definition) is 4. The molecule has 3 aromatic heterocycles. The fourth-order valence-electron chi connectivity index (χ4n) is 3.80. The van der Waals surface area contributed by atoms with Crippen LogP contribution in [0, 0.1) is 13.8 Å². The van der Waals surface area contributed by atoms with Gasteiger partial charge in [0.15, 0.2) is 18.2 Å². The van der Waals surface area contributed by atoms with Crippen LogP contribution in [-0.4, -0.2) is 30.7 Å². The van der Waals surface area contributed by atoms with E-state index in [-0.39, 0.29) is 25.2 Å². The van der Waals surface area contributed by atoms with Gasteiger partial charge in [-0.3, -0.25) is 4.79 Å². The van der Waals surface area contributed by atoms with Crippen molar-refractivity contribution in [3.8, 4) is 11.4 Å². The number of pyridine rings is 1. The Morgan fingerprint density at radius 1 is 1.15 bits per heavy atom. The van der Waals surface area contributed by atoms with Crippen molar-refractivity contribution in [2.45, 2.75) is 38.5 Å². The number of aryl methyl sites for hydroxylation is 2. The molecule has 0 spiro atoms. The molecule has 10 heteroatoms. The Morgan fingerprint density at radius 3 is 2.61 bits per heavy atom. The minimum Gasteiger partial charge on any atom is -0.328 e. The molecule has 1 saturated carbocycles. The quantitative estimate of drug-likeness (QED) is 0.363. The van der Waals surface area contributed by atoms with Crippen LogP contribution in [0.3, 0.4) is 0 Å². The molecule has 1 amide bonds. The first-order valence-corrected chi connectivity index (χ1v) is 10.9. The molecule has 1 aromatic carbocycles. The van der Waals surface area contributed by atoms with E-state index in [2.05, 4.69) is 19.7 Å². The summed E-state index contributed by atoms with van der Waals surface area (Å²) in [6.45, 7) is 3.87. The highest BCUT2D eigenvalue weighted by Crippen LogP contribution is 2.49. The second kappa shape index (κ2) is 9.30. The smallest absolute Gasteiger partial charge is 0.249 e. The second-order valence-corrected chi connectivity index (χ2v) is 8.45. The van der Waals surface area contributed by atoms with Crippen LogP contribution in [0.4, 0.5) is 18.4 Å². The van der Waals surface area contributed by atoms with E-state index >= 15 is 0 Å². The summed E-state index contributed by atoms with van der Waals surface area (Å²) >= 11 is -0.0560. The molecule has 1 aliphatic carbocycles. The zero-order valence-corrected chi connectivity index (χ0v) is 18.8. The van der Waals surface area contributed by atoms with Crippen molar-refractivity contribution < 1.29 is 17.5 Å². The van der Waals surface area contributed by atoms with Crippen molar-refractivity contribution in [3.05, 3.63) is 71.9 Å². The normalized spacial score (nSPS) is 14.9. The molecule has 1 aliphatic rings. The van der Waals surface area contributed by atoms with Gasteiger partial charge in [0, 0.05) is 48.1 Å². The fourth-order valence-corrected chi connectivity index (χ4v) is 4.29. The molecule has 1 fully saturated rings. The van der Waals surface area contributed by atoms with Gasteiger partial charge >= 0.3 is 0 Å². The summed E-state index contributed by atoms with van der Waals surface area (Å²) in [7, 11) is 0. The molecule has 1 N–H and O–H groups in total. The topological polar surface area (TPSA) is 64.2 Å². The van der Waals surface area contributed by atoms with Crippen LogP contribution >= 0.6 is 12.3 Å². The van der Waals surface area contributed by atoms with Crippen molar-refractivity contribution in [3.63, 3.8) is 0 Å². The molecule has 3 heterocycles. The highest BCUT2D eigenvalue weighted by molar-refractivity contribution is 7.92. The first-order valence-electron chi connectivity index (χ1n) is 10.3. The lowest BCUT2D eigenvalue weighted by Gasteiger charge is -2.34. The largest absolute Gasteiger partial charge is 0.328 e. The van der Waals surface area contributed by atoms with Crippen LogP contribution in [0.1, 0.15) is 35.7 Å². The number of anilines is 1. The average molecular weight is 474 g/mol. The predicted octanol–water partition coefficient (Wildman–Crippen LogP) is 5.96. The third kappa shape index (κ3) is 4.75. The minimum atomic E-state index is -2.67. The number of nitrogens with zero attached hydrogens (tertiary/aromatic N) is 4. The summed E-state index contributed by atoms with van der Waals surface area (Å²) in [5, 5.41) is 2.57. The van der Waals surface area contributed by atoms with E-state index in [1.54, 1.807) is 18.2 Å². The Bertz CT molecular complexity index is 1280. The van der Waals surface area contributed by atoms with Crippen molar-refractivity contribution in [1.82, 2.24) is 18.3 Å². The lowest BCUT2D eigenvalue weighted by atomic mass is 9.79. The van der Waals surface area contributed by atoms with Gasteiger partial charge in [-0.1, -0.05) is 18.2 Å². The number of carbonyl (C=O) groups is 1. The van der Waals surface area contributed by atoms with Crippen molar-refractivity contribution in [2.75, 3.05) is 5.32 Å². The summed E-state index contributed by atoms with van der Waals surface area (Å²) in [6, 6.07) is 11.2. The molecule has 4 aromatic rings. The maximum Gasteiger partial charge on any atom is 0.249 e. The molecule has 0 radical (unpaired) electrons. The third-order valence-electron chi connectivity index (χ3n) is 5.64. The van der Waals surface area contributed by atoms with E-state index in [0.29, 0.717) is 29.2 Å². The molecular weight excluding hydrogens is 451 g/mol. The molecule has 33 heavy (non-hydrogen) atoms. The van der Waals surface area contributed by atoms with Gasteiger partial charge in [-0.05, 0) is 37.6 Å². The molecule has 6 nitrogen and oxygen atoms in total. The molecule has 5 rings (SSSR count). The van der Waals surface area contributed by atoms with E-state index in [1.165, 1.54) is 15.9 Å². The Kier molecular flexibility index (Phi) is 6.46. The summed E-state index contributed by atoms with van der Waals surface area (Å²) in [4.78, 5) is 19.0. The molecule has 172 valence electrons. The predicted molar refractivity (Wildman–Crippen MR) is 123 cm³/mol. The summed E-state index contributed by atoms with van der Waals surface area (Å²) < 4.78 is 42.8. The lowest BCUT2D eigenvalue weighted by Crippen LogP contribution is -2.34. The molecule has 0 saturated heterocycles. The van der Waals surface area contributed by atoms with Gasteiger partial charge in [0.1, 0.15) is 5.65 Å². The number of imidazole rings is 2. The number of carbonyl (C=O) groups excluding carboxylic acids is 1. The number of halogens is 3. The molecule has 0 bridgehead atoms. The van der Waals surface area contributed by atoms with Gasteiger partial charge in [0.05, 0.1) is 11.9 Å². The Balaban J connectivity index is 0.000000214. The van der Waals surface area contributed by atoms with E-state index in [4.69, 9.17) is 0 Å². The lowest BCUT2D eigenvalue weighted by molar-refractivity contribution is -0.105. The number of hydrogen-bond donors (Lipinski definition) is 1. The number of nitrogens with one attached hydrogen (secondary N) is 1. The summed E-state index contributed by atoms with van der Waals surface area (Å²) in [5.41, 5.74) is 4.68. The monoisotopic (exact) mass is 473 g/mol. The number of fused-ring (bicyclic) bond motifs is 1. The second-order valence-electron chi connectivity index (χ2n) is 7.95. The van der Waals surface area contributed by atoms with Crippen LogP contribution in [0.2, 0.25) is 0 Å².